The number of nitrogens with one attached hydrogen (secondary N) is 1. The summed E-state index contributed by atoms with van der Waals surface area (Å²) in [6.45, 7) is 6.83. The number of aliphatic hydroxyl groups is 1. The molecule has 0 aliphatic rings. The molecule has 2 N–H and O–H groups in total. The van der Waals surface area contributed by atoms with Crippen LogP contribution in [0.3, 0.4) is 0 Å². The quantitative estimate of drug-likeness (QED) is 0.797. The van der Waals surface area contributed by atoms with Gasteiger partial charge in [-0.05, 0) is 43.9 Å². The first-order valence-corrected chi connectivity index (χ1v) is 6.10. The number of halogens is 1. The second-order valence-electron chi connectivity index (χ2n) is 4.10. The van der Waals surface area contributed by atoms with Crippen molar-refractivity contribution in [2.24, 2.45) is 0 Å². The topological polar surface area (TPSA) is 41.5 Å². The number of hydrogen-bond donors (Lipinski definition) is 2. The molecule has 3 nitrogen and oxygen atoms in total. The van der Waals surface area contributed by atoms with Crippen LogP contribution in [0.25, 0.3) is 0 Å². The van der Waals surface area contributed by atoms with Crippen molar-refractivity contribution in [3.05, 3.63) is 21.7 Å². The van der Waals surface area contributed by atoms with Crippen LogP contribution in [0.1, 0.15) is 23.1 Å². The van der Waals surface area contributed by atoms with Crippen molar-refractivity contribution in [2.45, 2.75) is 27.2 Å². The third-order valence-electron chi connectivity index (χ3n) is 3.00. The van der Waals surface area contributed by atoms with Gasteiger partial charge in [-0.1, -0.05) is 11.6 Å². The molecular weight excluding hydrogens is 238 g/mol. The Bertz CT molecular complexity index is 405. The Balaban J connectivity index is 3.17. The first kappa shape index (κ1) is 14.1. The highest BCUT2D eigenvalue weighted by Gasteiger charge is 2.16. The minimum atomic E-state index is 0.174. The fraction of sp³-hybridized carbons (Fsp3) is 0.538. The fourth-order valence-corrected chi connectivity index (χ4v) is 2.08. The lowest BCUT2D eigenvalue weighted by Gasteiger charge is -2.19. The first-order valence-electron chi connectivity index (χ1n) is 5.72. The van der Waals surface area contributed by atoms with E-state index in [9.17, 15) is 0 Å². The summed E-state index contributed by atoms with van der Waals surface area (Å²) in [5.74, 6) is 0.835. The van der Waals surface area contributed by atoms with E-state index in [0.29, 0.717) is 13.0 Å². The van der Waals surface area contributed by atoms with Gasteiger partial charge >= 0.3 is 0 Å². The Morgan fingerprint density at radius 1 is 1.18 bits per heavy atom. The molecule has 0 unspecified atom stereocenters. The predicted octanol–water partition coefficient (Wildman–Crippen LogP) is 3.07. The summed E-state index contributed by atoms with van der Waals surface area (Å²) in [5, 5.41) is 12.8. The van der Waals surface area contributed by atoms with Crippen LogP contribution in [0.2, 0.25) is 5.02 Å². The van der Waals surface area contributed by atoms with Gasteiger partial charge < -0.3 is 15.2 Å². The Morgan fingerprint density at radius 2 is 1.82 bits per heavy atom. The number of methoxy groups -OCH3 is 1. The minimum Gasteiger partial charge on any atom is -0.494 e. The molecule has 17 heavy (non-hydrogen) atoms. The van der Waals surface area contributed by atoms with Gasteiger partial charge in [-0.3, -0.25) is 0 Å². The van der Waals surface area contributed by atoms with Gasteiger partial charge in [-0.15, -0.1) is 0 Å². The average Bonchev–Trinajstić information content (AvgIpc) is 2.33. The van der Waals surface area contributed by atoms with Crippen LogP contribution < -0.4 is 10.1 Å². The summed E-state index contributed by atoms with van der Waals surface area (Å²) >= 11 is 6.28. The van der Waals surface area contributed by atoms with E-state index < -0.39 is 0 Å². The summed E-state index contributed by atoms with van der Waals surface area (Å²) in [4.78, 5) is 0. The number of rotatable bonds is 5. The summed E-state index contributed by atoms with van der Waals surface area (Å²) in [6, 6.07) is 0. The molecule has 1 aromatic carbocycles. The van der Waals surface area contributed by atoms with Crippen molar-refractivity contribution >= 4 is 17.3 Å². The molecule has 0 bridgehead atoms. The average molecular weight is 258 g/mol. The zero-order valence-electron chi connectivity index (χ0n) is 10.9. The molecule has 0 spiro atoms. The highest BCUT2D eigenvalue weighted by molar-refractivity contribution is 6.32. The molecule has 4 heteroatoms. The SMILES string of the molecule is COc1c(C)c(C)c(Cl)c(C)c1NCCCO. The maximum atomic E-state index is 8.80. The number of hydrogen-bond acceptors (Lipinski definition) is 3. The lowest BCUT2D eigenvalue weighted by atomic mass is 10.0. The van der Waals surface area contributed by atoms with Crippen molar-refractivity contribution in [1.29, 1.82) is 0 Å². The summed E-state index contributed by atoms with van der Waals surface area (Å²) < 4.78 is 5.44. The Hall–Kier alpha value is -0.930. The normalized spacial score (nSPS) is 10.5. The second kappa shape index (κ2) is 6.12. The van der Waals surface area contributed by atoms with Crippen LogP contribution in [0.5, 0.6) is 5.75 Å². The molecule has 0 fully saturated rings. The number of anilines is 1. The number of ether oxygens (including phenoxy) is 1. The van der Waals surface area contributed by atoms with E-state index in [2.05, 4.69) is 5.32 Å². The van der Waals surface area contributed by atoms with Gasteiger partial charge in [0.05, 0.1) is 12.8 Å². The van der Waals surface area contributed by atoms with Gasteiger partial charge in [0.25, 0.3) is 0 Å². The molecule has 0 amide bonds. The Kier molecular flexibility index (Phi) is 5.09. The van der Waals surface area contributed by atoms with Crippen LogP contribution in [0.15, 0.2) is 0 Å². The van der Waals surface area contributed by atoms with Crippen LogP contribution in [-0.4, -0.2) is 25.4 Å². The third-order valence-corrected chi connectivity index (χ3v) is 3.57. The minimum absolute atomic E-state index is 0.174. The fourth-order valence-electron chi connectivity index (χ4n) is 1.84. The van der Waals surface area contributed by atoms with E-state index in [1.54, 1.807) is 7.11 Å². The highest BCUT2D eigenvalue weighted by atomic mass is 35.5. The monoisotopic (exact) mass is 257 g/mol. The summed E-state index contributed by atoms with van der Waals surface area (Å²) in [7, 11) is 1.66. The molecule has 96 valence electrons. The van der Waals surface area contributed by atoms with E-state index >= 15 is 0 Å². The van der Waals surface area contributed by atoms with Gasteiger partial charge in [-0.2, -0.15) is 0 Å². The van der Waals surface area contributed by atoms with Crippen LogP contribution in [0.4, 0.5) is 5.69 Å². The van der Waals surface area contributed by atoms with E-state index in [4.69, 9.17) is 21.4 Å². The van der Waals surface area contributed by atoms with Crippen molar-refractivity contribution in [1.82, 2.24) is 0 Å². The van der Waals surface area contributed by atoms with Crippen LogP contribution in [0, 0.1) is 20.8 Å². The number of benzene rings is 1. The molecule has 0 aliphatic carbocycles. The largest absolute Gasteiger partial charge is 0.494 e. The van der Waals surface area contributed by atoms with E-state index in [0.717, 1.165) is 33.1 Å². The molecule has 0 aromatic heterocycles. The Labute approximate surface area is 108 Å². The van der Waals surface area contributed by atoms with Gasteiger partial charge in [-0.25, -0.2) is 0 Å². The molecule has 0 atom stereocenters. The second-order valence-corrected chi connectivity index (χ2v) is 4.48. The smallest absolute Gasteiger partial charge is 0.145 e. The molecule has 1 rings (SSSR count). The van der Waals surface area contributed by atoms with Gasteiger partial charge in [0.1, 0.15) is 5.75 Å². The molecule has 1 aromatic rings. The predicted molar refractivity (Wildman–Crippen MR) is 72.4 cm³/mol. The van der Waals surface area contributed by atoms with Crippen LogP contribution in [-0.2, 0) is 0 Å². The Morgan fingerprint density at radius 3 is 2.35 bits per heavy atom. The summed E-state index contributed by atoms with van der Waals surface area (Å²) in [6.07, 6.45) is 0.702. The van der Waals surface area contributed by atoms with Gasteiger partial charge in [0.2, 0.25) is 0 Å². The molecule has 0 aliphatic heterocycles. The molecule has 0 saturated heterocycles. The summed E-state index contributed by atoms with van der Waals surface area (Å²) in [5.41, 5.74) is 4.02. The third kappa shape index (κ3) is 2.85. The highest BCUT2D eigenvalue weighted by Crippen LogP contribution is 2.39. The zero-order valence-corrected chi connectivity index (χ0v) is 11.6. The van der Waals surface area contributed by atoms with Crippen molar-refractivity contribution in [2.75, 3.05) is 25.6 Å². The van der Waals surface area contributed by atoms with Gasteiger partial charge in [0, 0.05) is 18.2 Å². The maximum Gasteiger partial charge on any atom is 0.145 e. The first-order chi connectivity index (χ1) is 8.04. The van der Waals surface area contributed by atoms with Crippen LogP contribution >= 0.6 is 11.6 Å². The zero-order chi connectivity index (χ0) is 13.0. The van der Waals surface area contributed by atoms with Gasteiger partial charge in [0.15, 0.2) is 0 Å². The number of aliphatic hydroxyl groups excluding tert-OH is 1. The molecule has 0 radical (unpaired) electrons. The van der Waals surface area contributed by atoms with Crippen molar-refractivity contribution in [3.8, 4) is 5.75 Å². The van der Waals surface area contributed by atoms with Crippen molar-refractivity contribution in [3.63, 3.8) is 0 Å². The lowest BCUT2D eigenvalue weighted by molar-refractivity contribution is 0.292. The molecule has 0 heterocycles. The van der Waals surface area contributed by atoms with E-state index in [1.165, 1.54) is 0 Å². The maximum absolute atomic E-state index is 8.80. The standard InChI is InChI=1S/C13H20ClNO2/c1-8-9(2)13(17-4)12(10(3)11(8)14)15-6-5-7-16/h15-16H,5-7H2,1-4H3. The van der Waals surface area contributed by atoms with E-state index in [1.807, 2.05) is 20.8 Å². The molecule has 0 saturated carbocycles. The lowest BCUT2D eigenvalue weighted by Crippen LogP contribution is -2.08. The van der Waals surface area contributed by atoms with E-state index in [-0.39, 0.29) is 6.61 Å². The molecular formula is C13H20ClNO2. The van der Waals surface area contributed by atoms with Crippen molar-refractivity contribution < 1.29 is 9.84 Å².